The number of benzene rings is 4. The number of phenols is 1. The maximum Gasteiger partial charge on any atom is 0.116 e. The summed E-state index contributed by atoms with van der Waals surface area (Å²) in [5.41, 5.74) is 8.41. The number of fused-ring (bicyclic) bond motifs is 4. The van der Waals surface area contributed by atoms with E-state index >= 15 is 0 Å². The van der Waals surface area contributed by atoms with E-state index in [1.54, 1.807) is 12.1 Å². The summed E-state index contributed by atoms with van der Waals surface area (Å²) in [5, 5.41) is 11.8. The van der Waals surface area contributed by atoms with Crippen molar-refractivity contribution in [2.75, 3.05) is 0 Å². The first-order valence-corrected chi connectivity index (χ1v) is 8.37. The van der Waals surface area contributed by atoms with Gasteiger partial charge in [0.25, 0.3) is 0 Å². The highest BCUT2D eigenvalue weighted by Crippen LogP contribution is 2.44. The van der Waals surface area contributed by atoms with Crippen LogP contribution in [0.15, 0.2) is 85.4 Å². The molecule has 118 valence electrons. The lowest BCUT2D eigenvalue weighted by Crippen LogP contribution is -1.84. The van der Waals surface area contributed by atoms with Gasteiger partial charge < -0.3 is 5.11 Å². The summed E-state index contributed by atoms with van der Waals surface area (Å²) in [6, 6.07) is 26.9. The third-order valence-electron chi connectivity index (χ3n) is 5.04. The molecule has 0 spiro atoms. The predicted molar refractivity (Wildman–Crippen MR) is 105 cm³/mol. The van der Waals surface area contributed by atoms with Crippen LogP contribution in [0.3, 0.4) is 0 Å². The first-order chi connectivity index (χ1) is 12.2. The Morgan fingerprint density at radius 2 is 1.20 bits per heavy atom. The van der Waals surface area contributed by atoms with Gasteiger partial charge in [0, 0.05) is 0 Å². The molecule has 1 aliphatic rings. The smallest absolute Gasteiger partial charge is 0.116 e. The van der Waals surface area contributed by atoms with Gasteiger partial charge in [-0.3, -0.25) is 0 Å². The van der Waals surface area contributed by atoms with Crippen molar-refractivity contribution in [1.29, 1.82) is 0 Å². The molecule has 1 nitrogen and oxygen atoms in total. The summed E-state index contributed by atoms with van der Waals surface area (Å²) < 4.78 is 0. The van der Waals surface area contributed by atoms with Crippen molar-refractivity contribution in [2.24, 2.45) is 0 Å². The molecule has 1 aliphatic carbocycles. The van der Waals surface area contributed by atoms with Gasteiger partial charge in [0.1, 0.15) is 5.75 Å². The summed E-state index contributed by atoms with van der Waals surface area (Å²) in [5.74, 6) is 0.298. The first kappa shape index (κ1) is 14.1. The van der Waals surface area contributed by atoms with Crippen molar-refractivity contribution < 1.29 is 5.11 Å². The molecule has 0 atom stereocenters. The van der Waals surface area contributed by atoms with Gasteiger partial charge in [-0.05, 0) is 74.0 Å². The molecule has 1 N–H and O–H groups in total. The van der Waals surface area contributed by atoms with Gasteiger partial charge in [-0.15, -0.1) is 0 Å². The molecule has 0 amide bonds. The lowest BCUT2D eigenvalue weighted by Gasteiger charge is -2.08. The molecule has 4 aromatic carbocycles. The third kappa shape index (κ3) is 2.10. The monoisotopic (exact) mass is 320 g/mol. The molecule has 0 saturated heterocycles. The Hall–Kier alpha value is -3.32. The molecule has 0 aliphatic heterocycles. The fourth-order valence-corrected chi connectivity index (χ4v) is 3.75. The second kappa shape index (κ2) is 5.09. The van der Waals surface area contributed by atoms with Crippen LogP contribution in [0.4, 0.5) is 0 Å². The molecule has 0 unspecified atom stereocenters. The highest BCUT2D eigenvalue weighted by atomic mass is 16.3. The molecule has 0 bridgehead atoms. The first-order valence-electron chi connectivity index (χ1n) is 8.37. The number of rotatable bonds is 1. The van der Waals surface area contributed by atoms with Gasteiger partial charge in [-0.25, -0.2) is 0 Å². The van der Waals surface area contributed by atoms with E-state index in [0.29, 0.717) is 5.75 Å². The Morgan fingerprint density at radius 3 is 2.08 bits per heavy atom. The van der Waals surface area contributed by atoms with E-state index in [-0.39, 0.29) is 0 Å². The summed E-state index contributed by atoms with van der Waals surface area (Å²) >= 11 is 0. The van der Waals surface area contributed by atoms with E-state index in [1.807, 2.05) is 6.07 Å². The molecule has 1 heteroatoms. The molecule has 25 heavy (non-hydrogen) atoms. The predicted octanol–water partition coefficient (Wildman–Crippen LogP) is 6.25. The lowest BCUT2D eigenvalue weighted by molar-refractivity contribution is 0.476. The fourth-order valence-electron chi connectivity index (χ4n) is 3.75. The molecular weight excluding hydrogens is 304 g/mol. The van der Waals surface area contributed by atoms with Crippen LogP contribution < -0.4 is 0 Å². The second-order valence-corrected chi connectivity index (χ2v) is 6.53. The zero-order valence-electron chi connectivity index (χ0n) is 13.7. The molecule has 0 heterocycles. The molecule has 4 aromatic rings. The number of aromatic hydroxyl groups is 1. The standard InChI is InChI=1S/C24H16O/c1-15-21-4-2-3-5-22(21)23-11-9-19(14-24(15)23)16-6-7-18-13-20(25)10-8-17(18)12-16/h2-14,25H,1H2. The van der Waals surface area contributed by atoms with Crippen LogP contribution in [-0.2, 0) is 0 Å². The van der Waals surface area contributed by atoms with E-state index in [4.69, 9.17) is 0 Å². The van der Waals surface area contributed by atoms with Crippen molar-refractivity contribution in [3.63, 3.8) is 0 Å². The van der Waals surface area contributed by atoms with E-state index in [9.17, 15) is 5.11 Å². The molecule has 0 saturated carbocycles. The van der Waals surface area contributed by atoms with Crippen molar-refractivity contribution in [1.82, 2.24) is 0 Å². The number of phenolic OH excluding ortho intramolecular Hbond substituents is 1. The third-order valence-corrected chi connectivity index (χ3v) is 5.04. The zero-order valence-corrected chi connectivity index (χ0v) is 13.7. The van der Waals surface area contributed by atoms with Gasteiger partial charge >= 0.3 is 0 Å². The summed E-state index contributed by atoms with van der Waals surface area (Å²) in [4.78, 5) is 0. The van der Waals surface area contributed by atoms with E-state index in [1.165, 1.54) is 33.4 Å². The second-order valence-electron chi connectivity index (χ2n) is 6.53. The van der Waals surface area contributed by atoms with Crippen LogP contribution >= 0.6 is 0 Å². The fraction of sp³-hybridized carbons (Fsp3) is 0. The Labute approximate surface area is 146 Å². The largest absolute Gasteiger partial charge is 0.508 e. The molecule has 0 radical (unpaired) electrons. The minimum Gasteiger partial charge on any atom is -0.508 e. The maximum atomic E-state index is 9.63. The average molecular weight is 320 g/mol. The van der Waals surface area contributed by atoms with Crippen LogP contribution in [0.1, 0.15) is 11.1 Å². The SMILES string of the molecule is C=C1c2ccccc2-c2ccc(-c3ccc4cc(O)ccc4c3)cc21. The number of hydrogen-bond donors (Lipinski definition) is 1. The Morgan fingerprint density at radius 1 is 0.560 bits per heavy atom. The maximum absolute atomic E-state index is 9.63. The normalized spacial score (nSPS) is 12.2. The van der Waals surface area contributed by atoms with Gasteiger partial charge in [0.05, 0.1) is 0 Å². The number of hydrogen-bond acceptors (Lipinski definition) is 1. The van der Waals surface area contributed by atoms with Gasteiger partial charge in [-0.2, -0.15) is 0 Å². The highest BCUT2D eigenvalue weighted by molar-refractivity contribution is 6.01. The topological polar surface area (TPSA) is 20.2 Å². The zero-order chi connectivity index (χ0) is 17.0. The Bertz CT molecular complexity index is 1170. The quantitative estimate of drug-likeness (QED) is 0.387. The van der Waals surface area contributed by atoms with Crippen LogP contribution in [-0.4, -0.2) is 5.11 Å². The average Bonchev–Trinajstić information content (AvgIpc) is 2.94. The Kier molecular flexibility index (Phi) is 2.86. The van der Waals surface area contributed by atoms with Gasteiger partial charge in [-0.1, -0.05) is 61.2 Å². The summed E-state index contributed by atoms with van der Waals surface area (Å²) in [7, 11) is 0. The summed E-state index contributed by atoms with van der Waals surface area (Å²) in [6.07, 6.45) is 0. The minimum absolute atomic E-state index is 0.298. The van der Waals surface area contributed by atoms with Crippen LogP contribution in [0.5, 0.6) is 5.75 Å². The molecular formula is C24H16O. The van der Waals surface area contributed by atoms with Crippen LogP contribution in [0.25, 0.3) is 38.6 Å². The van der Waals surface area contributed by atoms with Crippen molar-refractivity contribution in [3.8, 4) is 28.0 Å². The molecule has 0 aromatic heterocycles. The highest BCUT2D eigenvalue weighted by Gasteiger charge is 2.21. The molecule has 5 rings (SSSR count). The van der Waals surface area contributed by atoms with Gasteiger partial charge in [0.15, 0.2) is 0 Å². The van der Waals surface area contributed by atoms with E-state index in [2.05, 4.69) is 67.2 Å². The van der Waals surface area contributed by atoms with Crippen LogP contribution in [0.2, 0.25) is 0 Å². The molecule has 0 fully saturated rings. The van der Waals surface area contributed by atoms with Gasteiger partial charge in [0.2, 0.25) is 0 Å². The van der Waals surface area contributed by atoms with E-state index in [0.717, 1.165) is 16.3 Å². The lowest BCUT2D eigenvalue weighted by atomic mass is 9.96. The van der Waals surface area contributed by atoms with Crippen molar-refractivity contribution in [3.05, 3.63) is 96.6 Å². The summed E-state index contributed by atoms with van der Waals surface area (Å²) in [6.45, 7) is 4.30. The minimum atomic E-state index is 0.298. The Balaban J connectivity index is 1.65. The van der Waals surface area contributed by atoms with Crippen LogP contribution in [0, 0.1) is 0 Å². The van der Waals surface area contributed by atoms with Crippen molar-refractivity contribution in [2.45, 2.75) is 0 Å². The van der Waals surface area contributed by atoms with Crippen molar-refractivity contribution >= 4 is 16.3 Å². The van der Waals surface area contributed by atoms with E-state index < -0.39 is 0 Å².